The molecule has 0 saturated carbocycles. The second-order valence-electron chi connectivity index (χ2n) is 6.02. The van der Waals surface area contributed by atoms with Crippen molar-refractivity contribution in [3.8, 4) is 5.75 Å². The molecule has 0 atom stereocenters. The van der Waals surface area contributed by atoms with E-state index in [2.05, 4.69) is 31.3 Å². The Labute approximate surface area is 176 Å². The zero-order chi connectivity index (χ0) is 21.4. The van der Waals surface area contributed by atoms with Gasteiger partial charge in [0, 0.05) is 16.6 Å². The summed E-state index contributed by atoms with van der Waals surface area (Å²) >= 11 is 3.30. The Morgan fingerprint density at radius 2 is 1.90 bits per heavy atom. The second-order valence-corrected chi connectivity index (χ2v) is 6.87. The van der Waals surface area contributed by atoms with Gasteiger partial charge in [0.05, 0.1) is 12.7 Å². The maximum atomic E-state index is 12.5. The lowest BCUT2D eigenvalue weighted by Crippen LogP contribution is -2.28. The van der Waals surface area contributed by atoms with Gasteiger partial charge in [-0.3, -0.25) is 9.59 Å². The van der Waals surface area contributed by atoms with Crippen LogP contribution >= 0.6 is 15.9 Å². The topological polar surface area (TPSA) is 105 Å². The number of amides is 2. The number of benzene rings is 2. The van der Waals surface area contributed by atoms with Crippen molar-refractivity contribution in [2.75, 3.05) is 7.11 Å². The van der Waals surface area contributed by atoms with Crippen LogP contribution in [0.1, 0.15) is 39.6 Å². The van der Waals surface area contributed by atoms with Gasteiger partial charge in [-0.2, -0.15) is 0 Å². The average molecular weight is 461 g/mol. The van der Waals surface area contributed by atoms with E-state index in [0.29, 0.717) is 16.5 Å². The van der Waals surface area contributed by atoms with Crippen molar-refractivity contribution in [3.63, 3.8) is 0 Å². The third-order valence-electron chi connectivity index (χ3n) is 3.90. The molecule has 0 aliphatic rings. The summed E-state index contributed by atoms with van der Waals surface area (Å²) in [6, 6.07) is 11.1. The summed E-state index contributed by atoms with van der Waals surface area (Å²) in [5.74, 6) is -1.35. The van der Waals surface area contributed by atoms with Crippen molar-refractivity contribution < 1.29 is 24.2 Å². The van der Waals surface area contributed by atoms with Gasteiger partial charge in [0.2, 0.25) is 0 Å². The fourth-order valence-electron chi connectivity index (χ4n) is 2.48. The highest BCUT2D eigenvalue weighted by atomic mass is 79.9. The lowest BCUT2D eigenvalue weighted by Gasteiger charge is -2.11. The zero-order valence-corrected chi connectivity index (χ0v) is 17.6. The number of ether oxygens (including phenoxy) is 1. The van der Waals surface area contributed by atoms with E-state index >= 15 is 0 Å². The zero-order valence-electron chi connectivity index (χ0n) is 16.0. The van der Waals surface area contributed by atoms with Gasteiger partial charge in [0.25, 0.3) is 11.8 Å². The number of esters is 1. The Morgan fingerprint density at radius 3 is 2.52 bits per heavy atom. The van der Waals surface area contributed by atoms with Crippen molar-refractivity contribution in [3.05, 3.63) is 75.4 Å². The van der Waals surface area contributed by atoms with Crippen LogP contribution in [0.2, 0.25) is 0 Å². The molecule has 7 nitrogen and oxygen atoms in total. The number of allylic oxidation sites excluding steroid dienone is 1. The number of halogens is 1. The van der Waals surface area contributed by atoms with Crippen LogP contribution in [0.3, 0.4) is 0 Å². The average Bonchev–Trinajstić information content (AvgIpc) is 2.70. The van der Waals surface area contributed by atoms with Crippen molar-refractivity contribution >= 4 is 33.7 Å². The number of aromatic hydroxyl groups is 1. The van der Waals surface area contributed by atoms with Crippen molar-refractivity contribution in [1.29, 1.82) is 0 Å². The first-order chi connectivity index (χ1) is 13.8. The lowest BCUT2D eigenvalue weighted by molar-refractivity contribution is -0.136. The fraction of sp³-hybridized carbons (Fsp3) is 0.190. The van der Waals surface area contributed by atoms with Gasteiger partial charge in [-0.15, -0.1) is 0 Å². The quantitative estimate of drug-likeness (QED) is 0.434. The van der Waals surface area contributed by atoms with Crippen LogP contribution in [0.5, 0.6) is 5.75 Å². The molecular weight excluding hydrogens is 440 g/mol. The van der Waals surface area contributed by atoms with E-state index in [4.69, 9.17) is 0 Å². The van der Waals surface area contributed by atoms with E-state index < -0.39 is 11.9 Å². The van der Waals surface area contributed by atoms with Crippen LogP contribution in [-0.2, 0) is 16.1 Å². The van der Waals surface area contributed by atoms with Gasteiger partial charge in [-0.05, 0) is 58.2 Å². The third kappa shape index (κ3) is 6.18. The normalized spacial score (nSPS) is 10.9. The number of nitrogens with one attached hydrogen (secondary N) is 2. The van der Waals surface area contributed by atoms with Crippen LogP contribution in [0.15, 0.2) is 58.7 Å². The molecule has 0 aliphatic carbocycles. The minimum absolute atomic E-state index is 0.0554. The predicted octanol–water partition coefficient (Wildman–Crippen LogP) is 3.28. The highest BCUT2D eigenvalue weighted by molar-refractivity contribution is 9.10. The molecule has 0 saturated heterocycles. The number of rotatable bonds is 7. The number of hydrogen-bond acceptors (Lipinski definition) is 5. The van der Waals surface area contributed by atoms with Crippen LogP contribution in [0.4, 0.5) is 0 Å². The van der Waals surface area contributed by atoms with Crippen molar-refractivity contribution in [1.82, 2.24) is 10.6 Å². The lowest BCUT2D eigenvalue weighted by atomic mass is 10.1. The minimum atomic E-state index is -0.640. The first-order valence-corrected chi connectivity index (χ1v) is 9.60. The summed E-state index contributed by atoms with van der Waals surface area (Å²) in [4.78, 5) is 36.6. The first kappa shape index (κ1) is 22.2. The molecule has 8 heteroatoms. The molecule has 3 N–H and O–H groups in total. The van der Waals surface area contributed by atoms with Crippen LogP contribution in [-0.4, -0.2) is 30.0 Å². The number of methoxy groups -OCH3 is 1. The maximum absolute atomic E-state index is 12.5. The highest BCUT2D eigenvalue weighted by Gasteiger charge is 2.17. The second kappa shape index (κ2) is 10.4. The van der Waals surface area contributed by atoms with E-state index in [1.54, 1.807) is 30.3 Å². The molecule has 0 heterocycles. The summed E-state index contributed by atoms with van der Waals surface area (Å²) in [6.07, 6.45) is 2.10. The molecule has 0 fully saturated rings. The number of carbonyl (C=O) groups excluding carboxylic acids is 3. The molecular formula is C21H21BrN2O5. The Balaban J connectivity index is 2.08. The monoisotopic (exact) mass is 460 g/mol. The summed E-state index contributed by atoms with van der Waals surface area (Å²) < 4.78 is 5.05. The largest absolute Gasteiger partial charge is 0.508 e. The summed E-state index contributed by atoms with van der Waals surface area (Å²) in [7, 11) is 1.23. The molecule has 0 unspecified atom stereocenters. The Kier molecular flexibility index (Phi) is 7.97. The summed E-state index contributed by atoms with van der Waals surface area (Å²) in [6.45, 7) is 2.08. The Morgan fingerprint density at radius 1 is 1.14 bits per heavy atom. The van der Waals surface area contributed by atoms with E-state index in [1.807, 2.05) is 6.92 Å². The third-order valence-corrected chi connectivity index (χ3v) is 4.56. The van der Waals surface area contributed by atoms with Crippen LogP contribution in [0, 0.1) is 0 Å². The molecule has 152 valence electrons. The number of phenolic OH excluding ortho intramolecular Hbond substituents is 1. The number of hydrogen-bond donors (Lipinski definition) is 3. The molecule has 0 bridgehead atoms. The maximum Gasteiger partial charge on any atom is 0.354 e. The molecule has 2 amide bonds. The summed E-state index contributed by atoms with van der Waals surface area (Å²) in [5, 5.41) is 14.7. The molecule has 0 aliphatic heterocycles. The van der Waals surface area contributed by atoms with E-state index in [9.17, 15) is 19.5 Å². The molecule has 2 aromatic carbocycles. The predicted molar refractivity (Wildman–Crippen MR) is 111 cm³/mol. The Bertz CT molecular complexity index is 956. The van der Waals surface area contributed by atoms with Gasteiger partial charge in [0.15, 0.2) is 0 Å². The molecule has 0 aromatic heterocycles. The smallest absolute Gasteiger partial charge is 0.354 e. The van der Waals surface area contributed by atoms with E-state index in [-0.39, 0.29) is 29.5 Å². The Hall–Kier alpha value is -3.13. The molecule has 29 heavy (non-hydrogen) atoms. The number of carbonyl (C=O) groups is 3. The SMILES string of the molecule is CC/C=C(\NC(=O)c1ccc(C(=O)NCc2cccc(O)c2)cc1Br)C(=O)OC. The van der Waals surface area contributed by atoms with E-state index in [1.165, 1.54) is 25.3 Å². The summed E-state index contributed by atoms with van der Waals surface area (Å²) in [5.41, 5.74) is 1.43. The molecule has 2 rings (SSSR count). The van der Waals surface area contributed by atoms with E-state index in [0.717, 1.165) is 5.56 Å². The van der Waals surface area contributed by atoms with Crippen molar-refractivity contribution in [2.45, 2.75) is 19.9 Å². The molecule has 0 radical (unpaired) electrons. The number of phenols is 1. The van der Waals surface area contributed by atoms with Crippen LogP contribution in [0.25, 0.3) is 0 Å². The first-order valence-electron chi connectivity index (χ1n) is 8.81. The van der Waals surface area contributed by atoms with Gasteiger partial charge < -0.3 is 20.5 Å². The molecule has 0 spiro atoms. The fourth-order valence-corrected chi connectivity index (χ4v) is 3.04. The van der Waals surface area contributed by atoms with Crippen LogP contribution < -0.4 is 10.6 Å². The van der Waals surface area contributed by atoms with Gasteiger partial charge in [-0.1, -0.05) is 25.1 Å². The van der Waals surface area contributed by atoms with Gasteiger partial charge in [-0.25, -0.2) is 4.79 Å². The molecule has 2 aromatic rings. The highest BCUT2D eigenvalue weighted by Crippen LogP contribution is 2.19. The van der Waals surface area contributed by atoms with Gasteiger partial charge in [0.1, 0.15) is 11.4 Å². The minimum Gasteiger partial charge on any atom is -0.508 e. The van der Waals surface area contributed by atoms with Crippen molar-refractivity contribution in [2.24, 2.45) is 0 Å². The standard InChI is InChI=1S/C21H21BrN2O5/c1-3-5-18(21(28)29-2)24-20(27)16-9-8-14(11-17(16)22)19(26)23-12-13-6-4-7-15(25)10-13/h4-11,25H,3,12H2,1-2H3,(H,23,26)(H,24,27)/b18-5-. The van der Waals surface area contributed by atoms with Gasteiger partial charge >= 0.3 is 5.97 Å².